The number of hydrogen-bond donors (Lipinski definition) is 2. The molecule has 0 atom stereocenters. The number of benzene rings is 1. The van der Waals surface area contributed by atoms with Crippen LogP contribution in [-0.4, -0.2) is 28.7 Å². The predicted octanol–water partition coefficient (Wildman–Crippen LogP) is 2.68. The second-order valence-electron chi connectivity index (χ2n) is 5.36. The smallest absolute Gasteiger partial charge is 0.272 e. The Morgan fingerprint density at radius 3 is 2.77 bits per heavy atom. The van der Waals surface area contributed by atoms with Gasteiger partial charge in [-0.15, -0.1) is 10.2 Å². The summed E-state index contributed by atoms with van der Waals surface area (Å²) in [5.41, 5.74) is 1.51. The Morgan fingerprint density at radius 2 is 2.09 bits per heavy atom. The molecular weight excluding hydrogens is 300 g/mol. The van der Waals surface area contributed by atoms with Gasteiger partial charge in [0.2, 0.25) is 0 Å². The van der Waals surface area contributed by atoms with Crippen LogP contribution in [-0.2, 0) is 6.42 Å². The summed E-state index contributed by atoms with van der Waals surface area (Å²) >= 11 is 5.95. The molecule has 0 radical (unpaired) electrons. The van der Waals surface area contributed by atoms with Crippen LogP contribution < -0.4 is 10.6 Å². The van der Waals surface area contributed by atoms with Gasteiger partial charge < -0.3 is 10.6 Å². The monoisotopic (exact) mass is 316 g/mol. The summed E-state index contributed by atoms with van der Waals surface area (Å²) in [6, 6.07) is 11.6. The fraction of sp³-hybridized carbons (Fsp3) is 0.312. The van der Waals surface area contributed by atoms with Gasteiger partial charge in [0.15, 0.2) is 5.69 Å². The van der Waals surface area contributed by atoms with Crippen LogP contribution >= 0.6 is 11.6 Å². The van der Waals surface area contributed by atoms with E-state index in [0.29, 0.717) is 17.6 Å². The highest BCUT2D eigenvalue weighted by atomic mass is 35.5. The van der Waals surface area contributed by atoms with Gasteiger partial charge in [-0.2, -0.15) is 0 Å². The normalized spacial score (nSPS) is 13.7. The lowest BCUT2D eigenvalue weighted by Crippen LogP contribution is -2.26. The van der Waals surface area contributed by atoms with Gasteiger partial charge in [0.1, 0.15) is 5.82 Å². The summed E-state index contributed by atoms with van der Waals surface area (Å²) in [4.78, 5) is 11.8. The molecule has 1 heterocycles. The maximum atomic E-state index is 11.8. The Bertz CT molecular complexity index is 655. The van der Waals surface area contributed by atoms with Gasteiger partial charge >= 0.3 is 0 Å². The van der Waals surface area contributed by atoms with Crippen LogP contribution in [0.2, 0.25) is 5.02 Å². The quantitative estimate of drug-likeness (QED) is 0.860. The van der Waals surface area contributed by atoms with Crippen molar-refractivity contribution in [3.05, 3.63) is 52.7 Å². The van der Waals surface area contributed by atoms with E-state index < -0.39 is 0 Å². The minimum atomic E-state index is -0.152. The topological polar surface area (TPSA) is 66.9 Å². The fourth-order valence-corrected chi connectivity index (χ4v) is 2.27. The first-order valence-corrected chi connectivity index (χ1v) is 7.71. The molecule has 1 amide bonds. The molecule has 1 aliphatic rings. The van der Waals surface area contributed by atoms with E-state index in [-0.39, 0.29) is 5.91 Å². The number of anilines is 1. The summed E-state index contributed by atoms with van der Waals surface area (Å²) in [5.74, 6) is 0.505. The number of carbonyl (C=O) groups is 1. The second-order valence-corrected chi connectivity index (χ2v) is 5.79. The zero-order chi connectivity index (χ0) is 15.4. The molecule has 0 saturated heterocycles. The van der Waals surface area contributed by atoms with E-state index in [4.69, 9.17) is 11.6 Å². The highest BCUT2D eigenvalue weighted by molar-refractivity contribution is 6.30. The van der Waals surface area contributed by atoms with E-state index in [1.807, 2.05) is 24.3 Å². The number of halogens is 1. The summed E-state index contributed by atoms with van der Waals surface area (Å²) < 4.78 is 0. The third kappa shape index (κ3) is 4.18. The number of nitrogens with one attached hydrogen (secondary N) is 2. The maximum absolute atomic E-state index is 11.8. The average Bonchev–Trinajstić information content (AvgIpc) is 3.32. The van der Waals surface area contributed by atoms with Crippen LogP contribution in [0.3, 0.4) is 0 Å². The molecule has 1 fully saturated rings. The van der Waals surface area contributed by atoms with Crippen molar-refractivity contribution in [2.75, 3.05) is 11.9 Å². The molecule has 2 aromatic rings. The van der Waals surface area contributed by atoms with Crippen LogP contribution in [0.25, 0.3) is 0 Å². The molecule has 22 heavy (non-hydrogen) atoms. The van der Waals surface area contributed by atoms with E-state index in [0.717, 1.165) is 36.4 Å². The zero-order valence-electron chi connectivity index (χ0n) is 12.1. The summed E-state index contributed by atoms with van der Waals surface area (Å²) in [6.45, 7) is 0.725. The van der Waals surface area contributed by atoms with Crippen molar-refractivity contribution < 1.29 is 4.79 Å². The van der Waals surface area contributed by atoms with Gasteiger partial charge in [0.05, 0.1) is 0 Å². The van der Waals surface area contributed by atoms with Crippen molar-refractivity contribution in [1.82, 2.24) is 15.5 Å². The third-order valence-electron chi connectivity index (χ3n) is 3.42. The third-order valence-corrected chi connectivity index (χ3v) is 3.65. The van der Waals surface area contributed by atoms with Gasteiger partial charge in [0, 0.05) is 17.6 Å². The predicted molar refractivity (Wildman–Crippen MR) is 86.2 cm³/mol. The number of aromatic nitrogens is 2. The molecule has 6 heteroatoms. The van der Waals surface area contributed by atoms with Crippen molar-refractivity contribution in [2.45, 2.75) is 25.3 Å². The van der Waals surface area contributed by atoms with Gasteiger partial charge in [0.25, 0.3) is 5.91 Å². The maximum Gasteiger partial charge on any atom is 0.272 e. The summed E-state index contributed by atoms with van der Waals surface area (Å²) in [6.07, 6.45) is 2.96. The molecule has 1 aliphatic carbocycles. The fourth-order valence-electron chi connectivity index (χ4n) is 2.06. The molecule has 0 bridgehead atoms. The molecule has 0 unspecified atom stereocenters. The van der Waals surface area contributed by atoms with E-state index in [1.165, 1.54) is 0 Å². The number of nitrogens with zero attached hydrogens (tertiary/aromatic N) is 2. The highest BCUT2D eigenvalue weighted by Gasteiger charge is 2.24. The molecule has 3 rings (SSSR count). The largest absolute Gasteiger partial charge is 0.368 e. The Morgan fingerprint density at radius 1 is 1.23 bits per heavy atom. The first kappa shape index (κ1) is 14.8. The SMILES string of the molecule is O=C(NC1CC1)c1ccc(NCCc2cccc(Cl)c2)nn1. The van der Waals surface area contributed by atoms with Crippen molar-refractivity contribution in [2.24, 2.45) is 0 Å². The molecule has 114 valence electrons. The van der Waals surface area contributed by atoms with E-state index in [2.05, 4.69) is 20.8 Å². The summed E-state index contributed by atoms with van der Waals surface area (Å²) in [7, 11) is 0. The van der Waals surface area contributed by atoms with E-state index in [9.17, 15) is 4.79 Å². The Kier molecular flexibility index (Phi) is 4.53. The Labute approximate surface area is 134 Å². The van der Waals surface area contributed by atoms with Crippen LogP contribution in [0.5, 0.6) is 0 Å². The Balaban J connectivity index is 1.49. The highest BCUT2D eigenvalue weighted by Crippen LogP contribution is 2.19. The minimum absolute atomic E-state index is 0.152. The lowest BCUT2D eigenvalue weighted by molar-refractivity contribution is 0.0945. The van der Waals surface area contributed by atoms with Gasteiger partial charge in [-0.25, -0.2) is 0 Å². The summed E-state index contributed by atoms with van der Waals surface area (Å²) in [5, 5.41) is 14.8. The first-order chi connectivity index (χ1) is 10.7. The average molecular weight is 317 g/mol. The number of amides is 1. The van der Waals surface area contributed by atoms with Gasteiger partial charge in [-0.1, -0.05) is 23.7 Å². The molecule has 0 spiro atoms. The van der Waals surface area contributed by atoms with E-state index in [1.54, 1.807) is 12.1 Å². The minimum Gasteiger partial charge on any atom is -0.368 e. The van der Waals surface area contributed by atoms with Crippen molar-refractivity contribution in [3.63, 3.8) is 0 Å². The van der Waals surface area contributed by atoms with Gasteiger partial charge in [-0.05, 0) is 49.1 Å². The van der Waals surface area contributed by atoms with E-state index >= 15 is 0 Å². The van der Waals surface area contributed by atoms with Crippen LogP contribution in [0.1, 0.15) is 28.9 Å². The standard InChI is InChI=1S/C16H17ClN4O/c17-12-3-1-2-11(10-12)8-9-18-15-7-6-14(20-21-15)16(22)19-13-4-5-13/h1-3,6-7,10,13H,4-5,8-9H2,(H,18,21)(H,19,22). The van der Waals surface area contributed by atoms with Crippen LogP contribution in [0.4, 0.5) is 5.82 Å². The second kappa shape index (κ2) is 6.75. The first-order valence-electron chi connectivity index (χ1n) is 7.33. The van der Waals surface area contributed by atoms with Crippen LogP contribution in [0, 0.1) is 0 Å². The number of hydrogen-bond acceptors (Lipinski definition) is 4. The van der Waals surface area contributed by atoms with Crippen molar-refractivity contribution >= 4 is 23.3 Å². The van der Waals surface area contributed by atoms with Crippen molar-refractivity contribution in [3.8, 4) is 0 Å². The molecule has 0 aliphatic heterocycles. The number of carbonyl (C=O) groups excluding carboxylic acids is 1. The number of rotatable bonds is 6. The Hall–Kier alpha value is -2.14. The zero-order valence-corrected chi connectivity index (χ0v) is 12.8. The molecule has 2 N–H and O–H groups in total. The molecule has 5 nitrogen and oxygen atoms in total. The van der Waals surface area contributed by atoms with Crippen molar-refractivity contribution in [1.29, 1.82) is 0 Å². The van der Waals surface area contributed by atoms with Gasteiger partial charge in [-0.3, -0.25) is 4.79 Å². The molecular formula is C16H17ClN4O. The lowest BCUT2D eigenvalue weighted by Gasteiger charge is -2.06. The molecule has 1 saturated carbocycles. The molecule has 1 aromatic heterocycles. The molecule has 1 aromatic carbocycles. The lowest BCUT2D eigenvalue weighted by atomic mass is 10.1. The van der Waals surface area contributed by atoms with Crippen LogP contribution in [0.15, 0.2) is 36.4 Å².